The van der Waals surface area contributed by atoms with Gasteiger partial charge in [0.05, 0.1) is 10.8 Å². The number of rotatable bonds is 7. The number of hydrogen-bond donors (Lipinski definition) is 1. The van der Waals surface area contributed by atoms with E-state index in [1.165, 1.54) is 12.1 Å². The number of carbonyl (C=O) groups excluding carboxylic acids is 1. The van der Waals surface area contributed by atoms with Crippen molar-refractivity contribution in [3.8, 4) is 0 Å². The summed E-state index contributed by atoms with van der Waals surface area (Å²) in [7, 11) is 0. The molecule has 0 aliphatic carbocycles. The molecular weight excluding hydrogens is 248 g/mol. The van der Waals surface area contributed by atoms with Crippen molar-refractivity contribution in [2.24, 2.45) is 5.92 Å². The maximum Gasteiger partial charge on any atom is 0.308 e. The Morgan fingerprint density at radius 1 is 1.37 bits per heavy atom. The van der Waals surface area contributed by atoms with Crippen molar-refractivity contribution in [3.05, 3.63) is 39.9 Å². The van der Waals surface area contributed by atoms with Crippen LogP contribution in [-0.4, -0.2) is 24.0 Å². The smallest absolute Gasteiger partial charge is 0.308 e. The van der Waals surface area contributed by atoms with Gasteiger partial charge in [-0.25, -0.2) is 0 Å². The van der Waals surface area contributed by atoms with Crippen LogP contribution in [0, 0.1) is 16.0 Å². The van der Waals surface area contributed by atoms with Gasteiger partial charge in [-0.1, -0.05) is 26.0 Å². The summed E-state index contributed by atoms with van der Waals surface area (Å²) in [6.45, 7) is 5.02. The van der Waals surface area contributed by atoms with Gasteiger partial charge in [-0.15, -0.1) is 0 Å². The summed E-state index contributed by atoms with van der Waals surface area (Å²) >= 11 is 0. The van der Waals surface area contributed by atoms with Gasteiger partial charge < -0.3 is 10.1 Å². The second-order valence-corrected chi connectivity index (χ2v) is 4.42. The summed E-state index contributed by atoms with van der Waals surface area (Å²) < 4.78 is 5.00. The van der Waals surface area contributed by atoms with Crippen molar-refractivity contribution >= 4 is 11.7 Å². The number of nitrogens with one attached hydrogen (secondary N) is 1. The number of carbonyl (C=O) groups is 1. The summed E-state index contributed by atoms with van der Waals surface area (Å²) in [4.78, 5) is 21.2. The Balaban J connectivity index is 2.22. The Kier molecular flexibility index (Phi) is 5.95. The first-order chi connectivity index (χ1) is 9.00. The van der Waals surface area contributed by atoms with E-state index >= 15 is 0 Å². The highest BCUT2D eigenvalue weighted by Gasteiger charge is 2.07. The van der Waals surface area contributed by atoms with Gasteiger partial charge in [-0.3, -0.25) is 14.9 Å². The predicted molar refractivity (Wildman–Crippen MR) is 70.6 cm³/mol. The fraction of sp³-hybridized carbons (Fsp3) is 0.462. The maximum atomic E-state index is 11.2. The minimum Gasteiger partial charge on any atom is -0.464 e. The molecule has 1 aromatic carbocycles. The summed E-state index contributed by atoms with van der Waals surface area (Å²) in [5, 5.41) is 13.6. The van der Waals surface area contributed by atoms with Crippen molar-refractivity contribution in [3.63, 3.8) is 0 Å². The second kappa shape index (κ2) is 7.48. The molecule has 0 radical (unpaired) electrons. The van der Waals surface area contributed by atoms with Crippen molar-refractivity contribution in [2.45, 2.75) is 20.4 Å². The minimum atomic E-state index is -0.428. The van der Waals surface area contributed by atoms with Gasteiger partial charge in [0.25, 0.3) is 5.69 Å². The van der Waals surface area contributed by atoms with E-state index in [9.17, 15) is 14.9 Å². The van der Waals surface area contributed by atoms with Crippen LogP contribution in [0.4, 0.5) is 5.69 Å². The highest BCUT2D eigenvalue weighted by atomic mass is 16.6. The van der Waals surface area contributed by atoms with Gasteiger partial charge in [0.1, 0.15) is 6.61 Å². The Labute approximate surface area is 111 Å². The van der Waals surface area contributed by atoms with Crippen LogP contribution in [0.1, 0.15) is 19.4 Å². The monoisotopic (exact) mass is 266 g/mol. The quantitative estimate of drug-likeness (QED) is 0.353. The molecule has 0 unspecified atom stereocenters. The molecule has 0 fully saturated rings. The van der Waals surface area contributed by atoms with E-state index in [2.05, 4.69) is 5.32 Å². The average molecular weight is 266 g/mol. The normalized spacial score (nSPS) is 10.5. The van der Waals surface area contributed by atoms with E-state index in [4.69, 9.17) is 4.74 Å². The van der Waals surface area contributed by atoms with Crippen LogP contribution in [0.25, 0.3) is 0 Å². The van der Waals surface area contributed by atoms with Crippen LogP contribution in [0.2, 0.25) is 0 Å². The Morgan fingerprint density at radius 2 is 2.00 bits per heavy atom. The molecule has 6 heteroatoms. The van der Waals surface area contributed by atoms with Gasteiger partial charge in [-0.2, -0.15) is 0 Å². The van der Waals surface area contributed by atoms with Gasteiger partial charge in [-0.05, 0) is 5.56 Å². The first kappa shape index (κ1) is 15.1. The molecule has 0 amide bonds. The zero-order valence-corrected chi connectivity index (χ0v) is 11.1. The van der Waals surface area contributed by atoms with Gasteiger partial charge in [0.2, 0.25) is 0 Å². The zero-order valence-electron chi connectivity index (χ0n) is 11.1. The van der Waals surface area contributed by atoms with E-state index < -0.39 is 4.92 Å². The first-order valence-corrected chi connectivity index (χ1v) is 6.11. The lowest BCUT2D eigenvalue weighted by Gasteiger charge is -2.08. The number of non-ortho nitro benzene ring substituents is 1. The Morgan fingerprint density at radius 3 is 2.53 bits per heavy atom. The largest absolute Gasteiger partial charge is 0.464 e. The fourth-order valence-electron chi connectivity index (χ4n) is 1.36. The molecular formula is C13H18N2O4. The number of benzene rings is 1. The molecule has 0 spiro atoms. The van der Waals surface area contributed by atoms with Crippen molar-refractivity contribution in [2.75, 3.05) is 13.2 Å². The molecule has 0 saturated heterocycles. The SMILES string of the molecule is CC(C)C(=O)OCCNCc1ccc([N+](=O)[O-])cc1. The molecule has 0 aromatic heterocycles. The molecule has 19 heavy (non-hydrogen) atoms. The molecule has 0 heterocycles. The van der Waals surface area contributed by atoms with Crippen LogP contribution in [0.15, 0.2) is 24.3 Å². The maximum absolute atomic E-state index is 11.2. The van der Waals surface area contributed by atoms with Crippen LogP contribution >= 0.6 is 0 Å². The van der Waals surface area contributed by atoms with E-state index in [1.54, 1.807) is 26.0 Å². The third kappa shape index (κ3) is 5.48. The standard InChI is InChI=1S/C13H18N2O4/c1-10(2)13(16)19-8-7-14-9-11-3-5-12(6-4-11)15(17)18/h3-6,10,14H,7-9H2,1-2H3. The highest BCUT2D eigenvalue weighted by molar-refractivity contribution is 5.71. The van der Waals surface area contributed by atoms with Crippen molar-refractivity contribution in [1.82, 2.24) is 5.32 Å². The summed E-state index contributed by atoms with van der Waals surface area (Å²) in [5.41, 5.74) is 1.02. The lowest BCUT2D eigenvalue weighted by molar-refractivity contribution is -0.384. The predicted octanol–water partition coefficient (Wildman–Crippen LogP) is 1.88. The number of nitro benzene ring substituents is 1. The molecule has 1 rings (SSSR count). The average Bonchev–Trinajstić information content (AvgIpc) is 2.38. The molecule has 1 N–H and O–H groups in total. The minimum absolute atomic E-state index is 0.0783. The molecule has 6 nitrogen and oxygen atoms in total. The first-order valence-electron chi connectivity index (χ1n) is 6.11. The molecule has 104 valence electrons. The lowest BCUT2D eigenvalue weighted by Crippen LogP contribution is -2.22. The zero-order chi connectivity index (χ0) is 14.3. The summed E-state index contributed by atoms with van der Waals surface area (Å²) in [6, 6.07) is 6.34. The number of nitrogens with zero attached hydrogens (tertiary/aromatic N) is 1. The molecule has 0 aliphatic rings. The van der Waals surface area contributed by atoms with Gasteiger partial charge in [0.15, 0.2) is 0 Å². The van der Waals surface area contributed by atoms with E-state index in [0.29, 0.717) is 19.7 Å². The molecule has 0 saturated carbocycles. The topological polar surface area (TPSA) is 81.5 Å². The third-order valence-corrected chi connectivity index (χ3v) is 2.47. The molecule has 0 aliphatic heterocycles. The number of nitro groups is 1. The van der Waals surface area contributed by atoms with Crippen LogP contribution in [0.3, 0.4) is 0 Å². The fourth-order valence-corrected chi connectivity index (χ4v) is 1.36. The van der Waals surface area contributed by atoms with Crippen LogP contribution in [0.5, 0.6) is 0 Å². The molecule has 0 atom stereocenters. The number of esters is 1. The van der Waals surface area contributed by atoms with E-state index in [1.807, 2.05) is 0 Å². The van der Waals surface area contributed by atoms with E-state index in [-0.39, 0.29) is 17.6 Å². The highest BCUT2D eigenvalue weighted by Crippen LogP contribution is 2.11. The third-order valence-electron chi connectivity index (χ3n) is 2.47. The van der Waals surface area contributed by atoms with Crippen LogP contribution in [-0.2, 0) is 16.1 Å². The number of hydrogen-bond acceptors (Lipinski definition) is 5. The van der Waals surface area contributed by atoms with Gasteiger partial charge in [0, 0.05) is 25.2 Å². The second-order valence-electron chi connectivity index (χ2n) is 4.42. The van der Waals surface area contributed by atoms with Crippen molar-refractivity contribution in [1.29, 1.82) is 0 Å². The Bertz CT molecular complexity index is 429. The van der Waals surface area contributed by atoms with E-state index in [0.717, 1.165) is 5.56 Å². The lowest BCUT2D eigenvalue weighted by atomic mass is 10.2. The molecule has 1 aromatic rings. The molecule has 0 bridgehead atoms. The Hall–Kier alpha value is -1.95. The number of ether oxygens (including phenoxy) is 1. The van der Waals surface area contributed by atoms with Crippen molar-refractivity contribution < 1.29 is 14.5 Å². The van der Waals surface area contributed by atoms with Gasteiger partial charge >= 0.3 is 5.97 Å². The summed E-state index contributed by atoms with van der Waals surface area (Å²) in [5.74, 6) is -0.327. The summed E-state index contributed by atoms with van der Waals surface area (Å²) in [6.07, 6.45) is 0. The van der Waals surface area contributed by atoms with Crippen LogP contribution < -0.4 is 5.32 Å².